The van der Waals surface area contributed by atoms with E-state index in [2.05, 4.69) is 110 Å². The van der Waals surface area contributed by atoms with E-state index < -0.39 is 13.3 Å². The van der Waals surface area contributed by atoms with Crippen molar-refractivity contribution in [3.8, 4) is 22.3 Å². The number of hydrogen-bond donors (Lipinski definition) is 0. The Kier molecular flexibility index (Phi) is 3.84. The van der Waals surface area contributed by atoms with Crippen LogP contribution in [0.2, 0.25) is 5.76 Å². The summed E-state index contributed by atoms with van der Waals surface area (Å²) < 4.78 is 4.63. The summed E-state index contributed by atoms with van der Waals surface area (Å²) in [5.74, 6) is 2.56. The Bertz CT molecular complexity index is 1070. The van der Waals surface area contributed by atoms with Crippen LogP contribution in [0.15, 0.2) is 97.1 Å². The molecule has 4 aromatic rings. The third kappa shape index (κ3) is 2.44. The molecule has 0 atom stereocenters. The molecule has 1 heterocycles. The SMILES string of the molecule is Cc1cc[c]([Ge]2([CH3])[c]3ccccc3-c3ccccc3-c3cccc[c]32)cc1. The second kappa shape index (κ2) is 6.25. The molecule has 0 bridgehead atoms. The van der Waals surface area contributed by atoms with Gasteiger partial charge in [-0.05, 0) is 0 Å². The molecule has 4 aromatic carbocycles. The summed E-state index contributed by atoms with van der Waals surface area (Å²) in [6.07, 6.45) is 0. The molecule has 27 heavy (non-hydrogen) atoms. The molecular formula is C26H22Ge. The van der Waals surface area contributed by atoms with Crippen LogP contribution < -0.4 is 13.2 Å². The van der Waals surface area contributed by atoms with Crippen molar-refractivity contribution in [3.05, 3.63) is 103 Å². The zero-order chi connectivity index (χ0) is 18.4. The first-order valence-corrected chi connectivity index (χ1v) is 14.8. The Morgan fingerprint density at radius 1 is 0.481 bits per heavy atom. The van der Waals surface area contributed by atoms with Crippen molar-refractivity contribution >= 4 is 26.5 Å². The second-order valence-electron chi connectivity index (χ2n) is 7.63. The van der Waals surface area contributed by atoms with Crippen LogP contribution in [-0.2, 0) is 0 Å². The Morgan fingerprint density at radius 3 is 1.37 bits per heavy atom. The number of fused-ring (bicyclic) bond motifs is 5. The number of rotatable bonds is 1. The fourth-order valence-corrected chi connectivity index (χ4v) is 13.2. The molecule has 0 spiro atoms. The zero-order valence-electron chi connectivity index (χ0n) is 15.7. The van der Waals surface area contributed by atoms with E-state index >= 15 is 0 Å². The van der Waals surface area contributed by atoms with Crippen molar-refractivity contribution in [1.29, 1.82) is 0 Å². The fraction of sp³-hybridized carbons (Fsp3) is 0.0769. The molecule has 1 aliphatic heterocycles. The van der Waals surface area contributed by atoms with Gasteiger partial charge in [0.05, 0.1) is 0 Å². The van der Waals surface area contributed by atoms with Crippen molar-refractivity contribution in [2.75, 3.05) is 0 Å². The van der Waals surface area contributed by atoms with Crippen LogP contribution in [-0.4, -0.2) is 13.3 Å². The van der Waals surface area contributed by atoms with Crippen molar-refractivity contribution in [3.63, 3.8) is 0 Å². The molecule has 1 aliphatic rings. The maximum absolute atomic E-state index is 2.80. The molecule has 0 saturated heterocycles. The van der Waals surface area contributed by atoms with Gasteiger partial charge in [-0.15, -0.1) is 0 Å². The van der Waals surface area contributed by atoms with Gasteiger partial charge in [-0.25, -0.2) is 0 Å². The fourth-order valence-electron chi connectivity index (χ4n) is 4.60. The molecule has 0 fully saturated rings. The van der Waals surface area contributed by atoms with Crippen LogP contribution in [0, 0.1) is 6.92 Å². The zero-order valence-corrected chi connectivity index (χ0v) is 17.8. The van der Waals surface area contributed by atoms with Gasteiger partial charge in [-0.2, -0.15) is 0 Å². The molecule has 0 N–H and O–H groups in total. The molecule has 0 unspecified atom stereocenters. The topological polar surface area (TPSA) is 0 Å². The van der Waals surface area contributed by atoms with Crippen LogP contribution in [0.25, 0.3) is 22.3 Å². The first-order chi connectivity index (χ1) is 13.2. The Balaban J connectivity index is 1.96. The van der Waals surface area contributed by atoms with Crippen LogP contribution in [0.3, 0.4) is 0 Å². The summed E-state index contributed by atoms with van der Waals surface area (Å²) in [4.78, 5) is 0. The summed E-state index contributed by atoms with van der Waals surface area (Å²) >= 11 is -2.80. The average Bonchev–Trinajstić information content (AvgIpc) is 2.82. The molecule has 0 nitrogen and oxygen atoms in total. The maximum atomic E-state index is 2.56. The number of benzene rings is 4. The van der Waals surface area contributed by atoms with Gasteiger partial charge in [0.1, 0.15) is 0 Å². The van der Waals surface area contributed by atoms with Gasteiger partial charge in [0.25, 0.3) is 0 Å². The van der Waals surface area contributed by atoms with Crippen molar-refractivity contribution in [2.24, 2.45) is 0 Å². The second-order valence-corrected chi connectivity index (χ2v) is 15.8. The molecule has 0 amide bonds. The Morgan fingerprint density at radius 2 is 0.889 bits per heavy atom. The molecule has 130 valence electrons. The van der Waals surface area contributed by atoms with Gasteiger partial charge in [0.15, 0.2) is 0 Å². The summed E-state index contributed by atoms with van der Waals surface area (Å²) in [6, 6.07) is 36.4. The molecule has 0 aromatic heterocycles. The standard InChI is InChI=1S/C26H22Ge/c1-19-15-17-20(18-16-19)27(2)25-13-7-5-11-23(25)21-9-3-4-10-22(21)24-12-6-8-14-26(24)27/h3-18H,1-2H3. The van der Waals surface area contributed by atoms with Gasteiger partial charge in [0, 0.05) is 0 Å². The van der Waals surface area contributed by atoms with Crippen molar-refractivity contribution in [2.45, 2.75) is 12.7 Å². The minimum absolute atomic E-state index is 1.32. The van der Waals surface area contributed by atoms with Crippen LogP contribution in [0.5, 0.6) is 0 Å². The molecule has 5 rings (SSSR count). The molecule has 1 heteroatoms. The van der Waals surface area contributed by atoms with E-state index in [0.717, 1.165) is 0 Å². The van der Waals surface area contributed by atoms with Gasteiger partial charge < -0.3 is 0 Å². The van der Waals surface area contributed by atoms with Gasteiger partial charge >= 0.3 is 164 Å². The van der Waals surface area contributed by atoms with E-state index in [-0.39, 0.29) is 0 Å². The third-order valence-corrected chi connectivity index (χ3v) is 15.5. The Hall–Kier alpha value is -2.58. The predicted octanol–water partition coefficient (Wildman–Crippen LogP) is 4.74. The van der Waals surface area contributed by atoms with Gasteiger partial charge in [0.2, 0.25) is 0 Å². The van der Waals surface area contributed by atoms with Crippen LogP contribution in [0.1, 0.15) is 5.56 Å². The number of aryl methyl sites for hydroxylation is 1. The predicted molar refractivity (Wildman–Crippen MR) is 119 cm³/mol. The summed E-state index contributed by atoms with van der Waals surface area (Å²) in [7, 11) is 0. The molecular weight excluding hydrogens is 385 g/mol. The van der Waals surface area contributed by atoms with Gasteiger partial charge in [-0.3, -0.25) is 0 Å². The van der Waals surface area contributed by atoms with Gasteiger partial charge in [-0.1, -0.05) is 0 Å². The van der Waals surface area contributed by atoms with E-state index in [0.29, 0.717) is 0 Å². The molecule has 0 radical (unpaired) electrons. The first-order valence-electron chi connectivity index (χ1n) is 9.55. The summed E-state index contributed by atoms with van der Waals surface area (Å²) in [5, 5.41) is 0. The van der Waals surface area contributed by atoms with Crippen molar-refractivity contribution < 1.29 is 0 Å². The average molecular weight is 407 g/mol. The van der Waals surface area contributed by atoms with E-state index in [4.69, 9.17) is 0 Å². The third-order valence-electron chi connectivity index (χ3n) is 6.07. The monoisotopic (exact) mass is 408 g/mol. The number of hydrogen-bond acceptors (Lipinski definition) is 0. The normalized spacial score (nSPS) is 13.9. The molecule has 0 aliphatic carbocycles. The van der Waals surface area contributed by atoms with Crippen LogP contribution >= 0.6 is 0 Å². The Labute approximate surface area is 163 Å². The van der Waals surface area contributed by atoms with E-state index in [9.17, 15) is 0 Å². The quantitative estimate of drug-likeness (QED) is 0.400. The molecule has 0 saturated carbocycles. The minimum atomic E-state index is -2.80. The van der Waals surface area contributed by atoms with Crippen LogP contribution in [0.4, 0.5) is 0 Å². The van der Waals surface area contributed by atoms with Crippen molar-refractivity contribution in [1.82, 2.24) is 0 Å². The van der Waals surface area contributed by atoms with E-state index in [1.54, 1.807) is 8.79 Å². The van der Waals surface area contributed by atoms with E-state index in [1.165, 1.54) is 32.2 Å². The summed E-state index contributed by atoms with van der Waals surface area (Å²) in [6.45, 7) is 2.17. The van der Waals surface area contributed by atoms with E-state index in [1.807, 2.05) is 0 Å². The summed E-state index contributed by atoms with van der Waals surface area (Å²) in [5.41, 5.74) is 6.87. The first kappa shape index (κ1) is 16.6.